The second-order valence-electron chi connectivity index (χ2n) is 9.62. The average Bonchev–Trinajstić information content (AvgIpc) is 3.13. The molecular formula is C23H33N5O5. The number of aryl methyl sites for hydroxylation is 2. The Morgan fingerprint density at radius 1 is 1.39 bits per heavy atom. The number of nitrogens with one attached hydrogen (secondary N) is 1. The van der Waals surface area contributed by atoms with Crippen molar-refractivity contribution < 1.29 is 24.2 Å². The molecule has 1 unspecified atom stereocenters. The number of hydrogen-bond donors (Lipinski definition) is 2. The van der Waals surface area contributed by atoms with Crippen LogP contribution >= 0.6 is 0 Å². The van der Waals surface area contributed by atoms with Gasteiger partial charge in [-0.1, -0.05) is 5.21 Å². The first-order chi connectivity index (χ1) is 15.6. The molecule has 0 spiro atoms. The van der Waals surface area contributed by atoms with Crippen LogP contribution in [0, 0.1) is 12.3 Å². The van der Waals surface area contributed by atoms with Gasteiger partial charge in [0, 0.05) is 7.05 Å². The topological polar surface area (TPSA) is 128 Å². The number of carbonyl (C=O) groups excluding carboxylic acids is 2. The van der Waals surface area contributed by atoms with Crippen LogP contribution in [0.2, 0.25) is 0 Å². The highest BCUT2D eigenvalue weighted by molar-refractivity contribution is 5.68. The molecule has 2 atom stereocenters. The van der Waals surface area contributed by atoms with Gasteiger partial charge in [0.05, 0.1) is 41.8 Å². The Hall–Kier alpha value is -3.01. The van der Waals surface area contributed by atoms with E-state index in [1.807, 2.05) is 13.0 Å². The zero-order chi connectivity index (χ0) is 24.2. The van der Waals surface area contributed by atoms with Crippen molar-refractivity contribution in [1.29, 1.82) is 0 Å². The predicted octanol–water partition coefficient (Wildman–Crippen LogP) is 2.71. The molecule has 0 aromatic carbocycles. The van der Waals surface area contributed by atoms with Crippen molar-refractivity contribution >= 4 is 12.4 Å². The number of aromatic nitrogens is 4. The Kier molecular flexibility index (Phi) is 7.36. The molecule has 1 amide bonds. The second kappa shape index (κ2) is 9.86. The van der Waals surface area contributed by atoms with Crippen molar-refractivity contribution in [1.82, 2.24) is 25.3 Å². The predicted molar refractivity (Wildman–Crippen MR) is 121 cm³/mol. The SMILES string of the molecule is Cc1nc(-c2nnn(C)c2CNC(=O)OC(C)(C)C)ccc1O[C@H]1CCCC(C=O)(CO)C1. The van der Waals surface area contributed by atoms with Crippen LogP contribution in [0.4, 0.5) is 4.79 Å². The normalized spacial score (nSPS) is 20.8. The van der Waals surface area contributed by atoms with Crippen molar-refractivity contribution in [2.45, 2.75) is 71.6 Å². The van der Waals surface area contributed by atoms with E-state index in [1.54, 1.807) is 38.6 Å². The maximum atomic E-state index is 12.0. The second-order valence-corrected chi connectivity index (χ2v) is 9.62. The molecule has 0 aliphatic heterocycles. The molecule has 1 aliphatic rings. The van der Waals surface area contributed by atoms with Crippen molar-refractivity contribution in [3.05, 3.63) is 23.5 Å². The summed E-state index contributed by atoms with van der Waals surface area (Å²) in [5.74, 6) is 0.626. The summed E-state index contributed by atoms with van der Waals surface area (Å²) in [5, 5.41) is 20.7. The van der Waals surface area contributed by atoms with Gasteiger partial charge in [-0.2, -0.15) is 0 Å². The molecule has 33 heavy (non-hydrogen) atoms. The van der Waals surface area contributed by atoms with Crippen LogP contribution in [0.25, 0.3) is 11.4 Å². The lowest BCUT2D eigenvalue weighted by Crippen LogP contribution is -2.38. The summed E-state index contributed by atoms with van der Waals surface area (Å²) in [6.07, 6.45) is 2.98. The van der Waals surface area contributed by atoms with E-state index in [-0.39, 0.29) is 19.3 Å². The number of rotatable bonds is 7. The van der Waals surface area contributed by atoms with Crippen LogP contribution < -0.4 is 10.1 Å². The first kappa shape index (κ1) is 24.6. The number of carbonyl (C=O) groups is 2. The van der Waals surface area contributed by atoms with Crippen LogP contribution in [0.5, 0.6) is 5.75 Å². The lowest BCUT2D eigenvalue weighted by Gasteiger charge is -2.35. The van der Waals surface area contributed by atoms with Crippen LogP contribution in [0.1, 0.15) is 57.8 Å². The number of amides is 1. The number of hydrogen-bond acceptors (Lipinski definition) is 8. The van der Waals surface area contributed by atoms with E-state index in [2.05, 4.69) is 20.6 Å². The molecule has 3 rings (SSSR count). The summed E-state index contributed by atoms with van der Waals surface area (Å²) in [4.78, 5) is 28.2. The van der Waals surface area contributed by atoms with Gasteiger partial charge in [0.15, 0.2) is 0 Å². The Morgan fingerprint density at radius 2 is 2.15 bits per heavy atom. The quantitative estimate of drug-likeness (QED) is 0.605. The number of nitrogens with zero attached hydrogens (tertiary/aromatic N) is 4. The minimum Gasteiger partial charge on any atom is -0.488 e. The zero-order valence-electron chi connectivity index (χ0n) is 19.9. The average molecular weight is 460 g/mol. The molecule has 2 aromatic rings. The highest BCUT2D eigenvalue weighted by atomic mass is 16.6. The Bertz CT molecular complexity index is 1000. The van der Waals surface area contributed by atoms with Gasteiger partial charge >= 0.3 is 6.09 Å². The van der Waals surface area contributed by atoms with E-state index >= 15 is 0 Å². The highest BCUT2D eigenvalue weighted by Crippen LogP contribution is 2.36. The Labute approximate surface area is 193 Å². The molecular weight excluding hydrogens is 426 g/mol. The van der Waals surface area contributed by atoms with Gasteiger partial charge in [-0.25, -0.2) is 14.5 Å². The van der Waals surface area contributed by atoms with Gasteiger partial charge in [0.25, 0.3) is 0 Å². The lowest BCUT2D eigenvalue weighted by atomic mass is 9.74. The molecule has 2 aromatic heterocycles. The molecule has 0 radical (unpaired) electrons. The van der Waals surface area contributed by atoms with E-state index in [9.17, 15) is 14.7 Å². The van der Waals surface area contributed by atoms with Gasteiger partial charge in [0.1, 0.15) is 23.3 Å². The van der Waals surface area contributed by atoms with E-state index in [0.717, 1.165) is 19.1 Å². The van der Waals surface area contributed by atoms with Crippen molar-refractivity contribution in [3.8, 4) is 17.1 Å². The van der Waals surface area contributed by atoms with Gasteiger partial charge in [-0.05, 0) is 65.5 Å². The molecule has 0 saturated heterocycles. The smallest absolute Gasteiger partial charge is 0.407 e. The first-order valence-electron chi connectivity index (χ1n) is 11.1. The zero-order valence-corrected chi connectivity index (χ0v) is 19.9. The van der Waals surface area contributed by atoms with E-state index in [1.165, 1.54) is 0 Å². The summed E-state index contributed by atoms with van der Waals surface area (Å²) < 4.78 is 13.0. The molecule has 180 valence electrons. The number of aliphatic hydroxyl groups is 1. The molecule has 1 fully saturated rings. The third-order valence-corrected chi connectivity index (χ3v) is 5.72. The summed E-state index contributed by atoms with van der Waals surface area (Å²) >= 11 is 0. The van der Waals surface area contributed by atoms with Crippen molar-refractivity contribution in [3.63, 3.8) is 0 Å². The molecule has 0 bridgehead atoms. The molecule has 1 aliphatic carbocycles. The maximum Gasteiger partial charge on any atom is 0.407 e. The van der Waals surface area contributed by atoms with Crippen LogP contribution in [0.15, 0.2) is 12.1 Å². The lowest BCUT2D eigenvalue weighted by molar-refractivity contribution is -0.122. The summed E-state index contributed by atoms with van der Waals surface area (Å²) in [5.41, 5.74) is 1.21. The van der Waals surface area contributed by atoms with Crippen LogP contribution in [0.3, 0.4) is 0 Å². The maximum absolute atomic E-state index is 12.0. The third-order valence-electron chi connectivity index (χ3n) is 5.72. The number of ether oxygens (including phenoxy) is 2. The highest BCUT2D eigenvalue weighted by Gasteiger charge is 2.37. The number of aliphatic hydroxyl groups excluding tert-OH is 1. The summed E-state index contributed by atoms with van der Waals surface area (Å²) in [7, 11) is 1.75. The fourth-order valence-electron chi connectivity index (χ4n) is 3.96. The molecule has 1 saturated carbocycles. The minimum atomic E-state index is -0.722. The van der Waals surface area contributed by atoms with Crippen LogP contribution in [-0.2, 0) is 23.1 Å². The summed E-state index contributed by atoms with van der Waals surface area (Å²) in [6.45, 7) is 7.26. The third kappa shape index (κ3) is 6.07. The van der Waals surface area contributed by atoms with Gasteiger partial charge in [0.2, 0.25) is 0 Å². The molecule has 10 heteroatoms. The Balaban J connectivity index is 1.73. The molecule has 10 nitrogen and oxygen atoms in total. The standard InChI is InChI=1S/C23H33N5O5/c1-15-19(32-16-7-6-10-23(11-16,13-29)14-30)9-8-17(25-15)20-18(28(5)27-26-20)12-24-21(31)33-22(2,3)4/h8-9,13,16,30H,6-7,10-12,14H2,1-5H3,(H,24,31)/t16-,23?/m0/s1. The monoisotopic (exact) mass is 459 g/mol. The largest absolute Gasteiger partial charge is 0.488 e. The Morgan fingerprint density at radius 3 is 2.79 bits per heavy atom. The fourth-order valence-corrected chi connectivity index (χ4v) is 3.96. The van der Waals surface area contributed by atoms with Gasteiger partial charge < -0.3 is 24.7 Å². The van der Waals surface area contributed by atoms with Crippen molar-refractivity contribution in [2.75, 3.05) is 6.61 Å². The number of pyridine rings is 1. The van der Waals surface area contributed by atoms with E-state index < -0.39 is 17.1 Å². The van der Waals surface area contributed by atoms with Crippen LogP contribution in [-0.4, -0.2) is 55.8 Å². The summed E-state index contributed by atoms with van der Waals surface area (Å²) in [6, 6.07) is 3.62. The molecule has 2 N–H and O–H groups in total. The van der Waals surface area contributed by atoms with E-state index in [0.29, 0.717) is 41.4 Å². The van der Waals surface area contributed by atoms with E-state index in [4.69, 9.17) is 9.47 Å². The minimum absolute atomic E-state index is 0.160. The molecule has 2 heterocycles. The van der Waals surface area contributed by atoms with Gasteiger partial charge in [-0.15, -0.1) is 5.10 Å². The number of aldehydes is 1. The van der Waals surface area contributed by atoms with Gasteiger partial charge in [-0.3, -0.25) is 0 Å². The first-order valence-corrected chi connectivity index (χ1v) is 11.1. The van der Waals surface area contributed by atoms with Crippen molar-refractivity contribution in [2.24, 2.45) is 12.5 Å². The fraction of sp³-hybridized carbons (Fsp3) is 0.609. The number of alkyl carbamates (subject to hydrolysis) is 1.